The maximum absolute atomic E-state index is 13.2. The molecule has 162 valence electrons. The summed E-state index contributed by atoms with van der Waals surface area (Å²) >= 11 is 6.14. The van der Waals surface area contributed by atoms with Gasteiger partial charge in [-0.2, -0.15) is 0 Å². The van der Waals surface area contributed by atoms with Crippen LogP contribution in [0.15, 0.2) is 72.8 Å². The van der Waals surface area contributed by atoms with Gasteiger partial charge in [-0.3, -0.25) is 14.4 Å². The molecule has 0 radical (unpaired) electrons. The van der Waals surface area contributed by atoms with Gasteiger partial charge < -0.3 is 9.80 Å². The molecule has 3 aromatic rings. The number of halogens is 2. The van der Waals surface area contributed by atoms with E-state index in [4.69, 9.17) is 11.6 Å². The van der Waals surface area contributed by atoms with E-state index in [9.17, 15) is 18.8 Å². The highest BCUT2D eigenvalue weighted by Crippen LogP contribution is 2.20. The summed E-state index contributed by atoms with van der Waals surface area (Å²) in [5.74, 6) is -1.23. The Morgan fingerprint density at radius 3 is 1.69 bits per heavy atom. The predicted molar refractivity (Wildman–Crippen MR) is 120 cm³/mol. The van der Waals surface area contributed by atoms with Crippen molar-refractivity contribution in [2.75, 3.05) is 26.2 Å². The Morgan fingerprint density at radius 1 is 0.656 bits per heavy atom. The number of rotatable bonds is 4. The molecule has 0 aromatic heterocycles. The van der Waals surface area contributed by atoms with E-state index >= 15 is 0 Å². The highest BCUT2D eigenvalue weighted by molar-refractivity contribution is 6.33. The summed E-state index contributed by atoms with van der Waals surface area (Å²) in [6, 6.07) is 18.7. The number of hydrogen-bond acceptors (Lipinski definition) is 3. The lowest BCUT2D eigenvalue weighted by molar-refractivity contribution is 0.0534. The third kappa shape index (κ3) is 4.41. The van der Waals surface area contributed by atoms with Gasteiger partial charge in [0.05, 0.1) is 16.1 Å². The second-order valence-corrected chi connectivity index (χ2v) is 7.85. The molecule has 1 saturated heterocycles. The maximum Gasteiger partial charge on any atom is 0.255 e. The molecule has 2 amide bonds. The fraction of sp³-hybridized carbons (Fsp3) is 0.160. The van der Waals surface area contributed by atoms with E-state index in [0.29, 0.717) is 42.3 Å². The van der Waals surface area contributed by atoms with Gasteiger partial charge in [0.15, 0.2) is 5.78 Å². The van der Waals surface area contributed by atoms with Crippen LogP contribution >= 0.6 is 11.6 Å². The van der Waals surface area contributed by atoms with Crippen LogP contribution in [0, 0.1) is 5.82 Å². The van der Waals surface area contributed by atoms with Crippen molar-refractivity contribution in [2.45, 2.75) is 0 Å². The first-order valence-electron chi connectivity index (χ1n) is 10.2. The largest absolute Gasteiger partial charge is 0.335 e. The van der Waals surface area contributed by atoms with Crippen molar-refractivity contribution in [3.05, 3.63) is 106 Å². The van der Waals surface area contributed by atoms with Crippen molar-refractivity contribution in [3.63, 3.8) is 0 Å². The van der Waals surface area contributed by atoms with Crippen LogP contribution in [0.2, 0.25) is 5.02 Å². The van der Waals surface area contributed by atoms with Crippen molar-refractivity contribution in [1.82, 2.24) is 9.80 Å². The molecule has 1 aliphatic rings. The van der Waals surface area contributed by atoms with Crippen molar-refractivity contribution in [1.29, 1.82) is 0 Å². The lowest BCUT2D eigenvalue weighted by Gasteiger charge is -2.35. The van der Waals surface area contributed by atoms with Crippen molar-refractivity contribution in [2.24, 2.45) is 0 Å². The van der Waals surface area contributed by atoms with E-state index in [1.54, 1.807) is 58.3 Å². The number of ketones is 1. The fourth-order valence-corrected chi connectivity index (χ4v) is 3.93. The number of amides is 2. The first-order chi connectivity index (χ1) is 15.5. The summed E-state index contributed by atoms with van der Waals surface area (Å²) in [4.78, 5) is 42.2. The average molecular weight is 451 g/mol. The van der Waals surface area contributed by atoms with E-state index in [0.717, 1.165) is 0 Å². The molecule has 0 unspecified atom stereocenters. The highest BCUT2D eigenvalue weighted by atomic mass is 35.5. The third-order valence-electron chi connectivity index (χ3n) is 5.47. The standard InChI is InChI=1S/C25H20ClFN2O3/c26-22-8-4-3-7-21(22)25(32)29-15-13-28(14-16-29)24(31)20-6-2-1-5-19(20)23(30)17-9-11-18(27)12-10-17/h1-12H,13-16H2. The van der Waals surface area contributed by atoms with Gasteiger partial charge in [0.25, 0.3) is 11.8 Å². The quantitative estimate of drug-likeness (QED) is 0.556. The van der Waals surface area contributed by atoms with E-state index in [1.807, 2.05) is 0 Å². The zero-order valence-electron chi connectivity index (χ0n) is 17.1. The van der Waals surface area contributed by atoms with Crippen molar-refractivity contribution >= 4 is 29.2 Å². The zero-order chi connectivity index (χ0) is 22.7. The first kappa shape index (κ1) is 21.7. The molecule has 0 saturated carbocycles. The molecule has 4 rings (SSSR count). The Labute approximate surface area is 190 Å². The molecule has 1 heterocycles. The first-order valence-corrected chi connectivity index (χ1v) is 10.6. The van der Waals surface area contributed by atoms with Gasteiger partial charge in [-0.05, 0) is 42.5 Å². The Morgan fingerprint density at radius 2 is 1.12 bits per heavy atom. The Balaban J connectivity index is 1.48. The normalized spacial score (nSPS) is 13.7. The van der Waals surface area contributed by atoms with Gasteiger partial charge in [0, 0.05) is 37.3 Å². The molecule has 5 nitrogen and oxygen atoms in total. The van der Waals surface area contributed by atoms with Crippen molar-refractivity contribution in [3.8, 4) is 0 Å². The minimum Gasteiger partial charge on any atom is -0.335 e. The SMILES string of the molecule is O=C(c1ccc(F)cc1)c1ccccc1C(=O)N1CCN(C(=O)c2ccccc2Cl)CC1. The molecule has 1 aliphatic heterocycles. The minimum atomic E-state index is -0.435. The highest BCUT2D eigenvalue weighted by Gasteiger charge is 2.28. The van der Waals surface area contributed by atoms with Crippen LogP contribution in [0.1, 0.15) is 36.6 Å². The molecule has 0 N–H and O–H groups in total. The van der Waals surface area contributed by atoms with Crippen LogP contribution < -0.4 is 0 Å². The third-order valence-corrected chi connectivity index (χ3v) is 5.80. The van der Waals surface area contributed by atoms with Crippen LogP contribution in [0.5, 0.6) is 0 Å². The molecule has 0 atom stereocenters. The van der Waals surface area contributed by atoms with E-state index in [1.165, 1.54) is 24.3 Å². The molecule has 32 heavy (non-hydrogen) atoms. The summed E-state index contributed by atoms with van der Waals surface area (Å²) in [5.41, 5.74) is 1.29. The Kier molecular flexibility index (Phi) is 6.32. The molecule has 7 heteroatoms. The molecule has 0 aliphatic carbocycles. The summed E-state index contributed by atoms with van der Waals surface area (Å²) in [7, 11) is 0. The maximum atomic E-state index is 13.2. The second-order valence-electron chi connectivity index (χ2n) is 7.45. The van der Waals surface area contributed by atoms with Crippen LogP contribution in [-0.2, 0) is 0 Å². The lowest BCUT2D eigenvalue weighted by Crippen LogP contribution is -2.50. The van der Waals surface area contributed by atoms with Crippen LogP contribution in [0.3, 0.4) is 0 Å². The summed E-state index contributed by atoms with van der Waals surface area (Å²) < 4.78 is 13.2. The Bertz CT molecular complexity index is 1170. The molecule has 1 fully saturated rings. The summed E-state index contributed by atoms with van der Waals surface area (Å²) in [6.07, 6.45) is 0. The van der Waals surface area contributed by atoms with E-state index in [-0.39, 0.29) is 28.7 Å². The van der Waals surface area contributed by atoms with Gasteiger partial charge in [-0.1, -0.05) is 41.9 Å². The topological polar surface area (TPSA) is 57.7 Å². The zero-order valence-corrected chi connectivity index (χ0v) is 17.9. The van der Waals surface area contributed by atoms with E-state index in [2.05, 4.69) is 0 Å². The number of hydrogen-bond donors (Lipinski definition) is 0. The Hall–Kier alpha value is -3.51. The number of nitrogens with zero attached hydrogens (tertiary/aromatic N) is 2. The van der Waals surface area contributed by atoms with Crippen LogP contribution in [0.4, 0.5) is 4.39 Å². The van der Waals surface area contributed by atoms with Gasteiger partial charge in [-0.15, -0.1) is 0 Å². The number of carbonyl (C=O) groups excluding carboxylic acids is 3. The molecular formula is C25H20ClFN2O3. The minimum absolute atomic E-state index is 0.172. The molecular weight excluding hydrogens is 431 g/mol. The lowest BCUT2D eigenvalue weighted by atomic mass is 9.97. The average Bonchev–Trinajstić information content (AvgIpc) is 2.83. The fourth-order valence-electron chi connectivity index (χ4n) is 3.71. The molecule has 3 aromatic carbocycles. The number of benzene rings is 3. The van der Waals surface area contributed by atoms with Gasteiger partial charge in [0.2, 0.25) is 0 Å². The van der Waals surface area contributed by atoms with Gasteiger partial charge >= 0.3 is 0 Å². The second kappa shape index (κ2) is 9.32. The monoisotopic (exact) mass is 450 g/mol. The predicted octanol–water partition coefficient (Wildman–Crippen LogP) is 4.31. The molecule has 0 spiro atoms. The van der Waals surface area contributed by atoms with Crippen LogP contribution in [0.25, 0.3) is 0 Å². The number of piperazine rings is 1. The molecule has 0 bridgehead atoms. The summed E-state index contributed by atoms with van der Waals surface area (Å²) in [5, 5.41) is 0.393. The number of carbonyl (C=O) groups is 3. The van der Waals surface area contributed by atoms with E-state index < -0.39 is 5.82 Å². The summed E-state index contributed by atoms with van der Waals surface area (Å²) in [6.45, 7) is 1.41. The van der Waals surface area contributed by atoms with Gasteiger partial charge in [0.1, 0.15) is 5.82 Å². The van der Waals surface area contributed by atoms with Crippen LogP contribution in [-0.4, -0.2) is 53.6 Å². The smallest absolute Gasteiger partial charge is 0.255 e. The van der Waals surface area contributed by atoms with Gasteiger partial charge in [-0.25, -0.2) is 4.39 Å². The van der Waals surface area contributed by atoms with Crippen molar-refractivity contribution < 1.29 is 18.8 Å².